The van der Waals surface area contributed by atoms with Crippen LogP contribution >= 0.6 is 0 Å². The highest BCUT2D eigenvalue weighted by molar-refractivity contribution is 5.81. The van der Waals surface area contributed by atoms with Gasteiger partial charge < -0.3 is 15.1 Å². The molecule has 0 aromatic rings. The van der Waals surface area contributed by atoms with E-state index in [4.69, 9.17) is 0 Å². The van der Waals surface area contributed by atoms with Gasteiger partial charge in [-0.3, -0.25) is 4.99 Å². The minimum absolute atomic E-state index is 0.184. The first-order valence-corrected chi connectivity index (χ1v) is 9.59. The predicted molar refractivity (Wildman–Crippen MR) is 100 cm³/mol. The molecular formula is C19H38N4. The van der Waals surface area contributed by atoms with E-state index in [0.717, 1.165) is 19.0 Å². The summed E-state index contributed by atoms with van der Waals surface area (Å²) < 4.78 is 0. The van der Waals surface area contributed by atoms with Gasteiger partial charge in [-0.15, -0.1) is 0 Å². The summed E-state index contributed by atoms with van der Waals surface area (Å²) in [4.78, 5) is 9.54. The summed E-state index contributed by atoms with van der Waals surface area (Å²) in [5, 5.41) is 3.57. The van der Waals surface area contributed by atoms with Crippen LogP contribution in [0.15, 0.2) is 4.99 Å². The number of nitrogens with one attached hydrogen (secondary N) is 1. The van der Waals surface area contributed by atoms with Crippen LogP contribution in [-0.4, -0.2) is 61.1 Å². The number of piperidine rings is 1. The number of rotatable bonds is 6. The van der Waals surface area contributed by atoms with E-state index >= 15 is 0 Å². The van der Waals surface area contributed by atoms with Crippen molar-refractivity contribution in [1.29, 1.82) is 0 Å². The average molecular weight is 323 g/mol. The lowest BCUT2D eigenvalue weighted by molar-refractivity contribution is -0.0667. The highest BCUT2D eigenvalue weighted by Crippen LogP contribution is 2.46. The number of nitrogens with zero attached hydrogens (tertiary/aromatic N) is 3. The van der Waals surface area contributed by atoms with E-state index in [9.17, 15) is 0 Å². The second kappa shape index (κ2) is 7.87. The molecule has 4 heteroatoms. The lowest BCUT2D eigenvalue weighted by Crippen LogP contribution is -2.72. The van der Waals surface area contributed by atoms with Gasteiger partial charge >= 0.3 is 0 Å². The van der Waals surface area contributed by atoms with Gasteiger partial charge in [0, 0.05) is 31.1 Å². The Hall–Kier alpha value is -0.770. The Morgan fingerprint density at radius 1 is 1.00 bits per heavy atom. The van der Waals surface area contributed by atoms with Gasteiger partial charge in [0.05, 0.1) is 0 Å². The van der Waals surface area contributed by atoms with Crippen LogP contribution in [0.2, 0.25) is 0 Å². The second-order valence-corrected chi connectivity index (χ2v) is 8.47. The number of guanidine groups is 1. The summed E-state index contributed by atoms with van der Waals surface area (Å²) >= 11 is 0. The van der Waals surface area contributed by atoms with Crippen molar-refractivity contribution in [2.24, 2.45) is 10.4 Å². The SMILES string of the molecule is CN=C(NCCCCCN1CCCCC1)N1CC(C)(C)C1(C)C. The largest absolute Gasteiger partial charge is 0.356 e. The molecule has 2 aliphatic heterocycles. The number of hydrogen-bond acceptors (Lipinski definition) is 2. The molecule has 0 aliphatic carbocycles. The first-order chi connectivity index (χ1) is 10.9. The Bertz CT molecular complexity index is 394. The second-order valence-electron chi connectivity index (χ2n) is 8.47. The van der Waals surface area contributed by atoms with Gasteiger partial charge in [-0.25, -0.2) is 0 Å². The lowest BCUT2D eigenvalue weighted by Gasteiger charge is -2.62. The van der Waals surface area contributed by atoms with Crippen LogP contribution in [0.5, 0.6) is 0 Å². The van der Waals surface area contributed by atoms with Crippen LogP contribution in [0.25, 0.3) is 0 Å². The molecule has 0 bridgehead atoms. The zero-order valence-corrected chi connectivity index (χ0v) is 16.1. The molecule has 0 atom stereocenters. The first kappa shape index (κ1) is 18.6. The standard InChI is InChI=1S/C19H38N4/c1-18(2)16-23(19(18,3)4)17(20-5)21-12-8-6-9-13-22-14-10-7-11-15-22/h6-16H2,1-5H3,(H,20,21). The predicted octanol–water partition coefficient (Wildman–Crippen LogP) is 3.34. The average Bonchev–Trinajstić information content (AvgIpc) is 2.53. The number of likely N-dealkylation sites (tertiary alicyclic amines) is 2. The van der Waals surface area contributed by atoms with Gasteiger partial charge in [0.25, 0.3) is 0 Å². The number of hydrogen-bond donors (Lipinski definition) is 1. The molecule has 0 saturated carbocycles. The molecule has 0 amide bonds. The maximum Gasteiger partial charge on any atom is 0.194 e. The minimum Gasteiger partial charge on any atom is -0.356 e. The molecule has 0 aromatic carbocycles. The normalized spacial score (nSPS) is 24.4. The maximum atomic E-state index is 4.49. The Labute approximate surface area is 143 Å². The van der Waals surface area contributed by atoms with Crippen molar-refractivity contribution < 1.29 is 0 Å². The van der Waals surface area contributed by atoms with E-state index in [1.54, 1.807) is 0 Å². The molecular weight excluding hydrogens is 284 g/mol. The van der Waals surface area contributed by atoms with Crippen molar-refractivity contribution in [3.8, 4) is 0 Å². The van der Waals surface area contributed by atoms with Crippen LogP contribution < -0.4 is 5.32 Å². The fourth-order valence-electron chi connectivity index (χ4n) is 3.72. The molecule has 0 spiro atoms. The van der Waals surface area contributed by atoms with Crippen molar-refractivity contribution in [2.45, 2.75) is 71.8 Å². The Morgan fingerprint density at radius 2 is 1.70 bits per heavy atom. The van der Waals surface area contributed by atoms with Crippen LogP contribution in [0, 0.1) is 5.41 Å². The van der Waals surface area contributed by atoms with Gasteiger partial charge in [0.1, 0.15) is 0 Å². The molecule has 2 heterocycles. The molecule has 2 rings (SSSR count). The quantitative estimate of drug-likeness (QED) is 0.462. The van der Waals surface area contributed by atoms with Crippen LogP contribution in [-0.2, 0) is 0 Å². The van der Waals surface area contributed by atoms with E-state index in [-0.39, 0.29) is 5.54 Å². The molecule has 0 unspecified atom stereocenters. The molecule has 2 saturated heterocycles. The molecule has 134 valence electrons. The Kier molecular flexibility index (Phi) is 6.35. The van der Waals surface area contributed by atoms with Gasteiger partial charge in [-0.05, 0) is 59.2 Å². The van der Waals surface area contributed by atoms with E-state index in [2.05, 4.69) is 47.8 Å². The zero-order chi connectivity index (χ0) is 16.9. The van der Waals surface area contributed by atoms with E-state index < -0.39 is 0 Å². The first-order valence-electron chi connectivity index (χ1n) is 9.59. The third kappa shape index (κ3) is 4.40. The smallest absolute Gasteiger partial charge is 0.194 e. The number of aliphatic imine (C=N–C) groups is 1. The van der Waals surface area contributed by atoms with Crippen molar-refractivity contribution in [3.63, 3.8) is 0 Å². The monoisotopic (exact) mass is 322 g/mol. The summed E-state index contributed by atoms with van der Waals surface area (Å²) in [6, 6.07) is 0. The van der Waals surface area contributed by atoms with Crippen LogP contribution in [0.4, 0.5) is 0 Å². The van der Waals surface area contributed by atoms with E-state index in [0.29, 0.717) is 5.41 Å². The zero-order valence-electron chi connectivity index (χ0n) is 16.1. The highest BCUT2D eigenvalue weighted by Gasteiger charge is 2.53. The van der Waals surface area contributed by atoms with Gasteiger partial charge in [-0.2, -0.15) is 0 Å². The minimum atomic E-state index is 0.184. The molecule has 0 aromatic heterocycles. The summed E-state index contributed by atoms with van der Waals surface area (Å²) in [6.45, 7) is 15.4. The topological polar surface area (TPSA) is 30.9 Å². The lowest BCUT2D eigenvalue weighted by atomic mass is 9.65. The number of unbranched alkanes of at least 4 members (excludes halogenated alkanes) is 2. The molecule has 0 radical (unpaired) electrons. The fraction of sp³-hybridized carbons (Fsp3) is 0.947. The van der Waals surface area contributed by atoms with E-state index in [1.807, 2.05) is 7.05 Å². The molecule has 4 nitrogen and oxygen atoms in total. The van der Waals surface area contributed by atoms with E-state index in [1.165, 1.54) is 58.2 Å². The van der Waals surface area contributed by atoms with Crippen LogP contribution in [0.3, 0.4) is 0 Å². The maximum absolute atomic E-state index is 4.49. The molecule has 1 N–H and O–H groups in total. The Balaban J connectivity index is 1.60. The summed E-state index contributed by atoms with van der Waals surface area (Å²) in [6.07, 6.45) is 8.13. The Morgan fingerprint density at radius 3 is 2.26 bits per heavy atom. The summed E-state index contributed by atoms with van der Waals surface area (Å²) in [5.41, 5.74) is 0.544. The third-order valence-corrected chi connectivity index (χ3v) is 6.23. The van der Waals surface area contributed by atoms with Crippen LogP contribution in [0.1, 0.15) is 66.2 Å². The third-order valence-electron chi connectivity index (χ3n) is 6.23. The molecule has 23 heavy (non-hydrogen) atoms. The summed E-state index contributed by atoms with van der Waals surface area (Å²) in [7, 11) is 1.90. The van der Waals surface area contributed by atoms with Crippen molar-refractivity contribution in [2.75, 3.05) is 39.8 Å². The van der Waals surface area contributed by atoms with Gasteiger partial charge in [0.15, 0.2) is 5.96 Å². The summed E-state index contributed by atoms with van der Waals surface area (Å²) in [5.74, 6) is 1.07. The fourth-order valence-corrected chi connectivity index (χ4v) is 3.72. The van der Waals surface area contributed by atoms with Gasteiger partial charge in [0.2, 0.25) is 0 Å². The van der Waals surface area contributed by atoms with Crippen molar-refractivity contribution >= 4 is 5.96 Å². The van der Waals surface area contributed by atoms with Gasteiger partial charge in [-0.1, -0.05) is 26.7 Å². The molecule has 2 aliphatic rings. The van der Waals surface area contributed by atoms with Crippen molar-refractivity contribution in [1.82, 2.24) is 15.1 Å². The van der Waals surface area contributed by atoms with Crippen molar-refractivity contribution in [3.05, 3.63) is 0 Å². The molecule has 2 fully saturated rings. The highest BCUT2D eigenvalue weighted by atomic mass is 15.4.